The maximum atomic E-state index is 12.7. The summed E-state index contributed by atoms with van der Waals surface area (Å²) >= 11 is 0. The molecule has 0 aromatic heterocycles. The lowest BCUT2D eigenvalue weighted by Gasteiger charge is -2.43. The zero-order valence-electron chi connectivity index (χ0n) is 18.8. The van der Waals surface area contributed by atoms with E-state index in [0.717, 1.165) is 31.9 Å². The molecule has 0 spiro atoms. The Kier molecular flexibility index (Phi) is 9.27. The number of ether oxygens (including phenoxy) is 2. The summed E-state index contributed by atoms with van der Waals surface area (Å²) in [7, 11) is 0.332. The number of hydrogen-bond donors (Lipinski definition) is 1. The summed E-state index contributed by atoms with van der Waals surface area (Å²) in [5.74, 6) is 0.406. The lowest BCUT2D eigenvalue weighted by molar-refractivity contribution is -0.00710. The van der Waals surface area contributed by atoms with Crippen molar-refractivity contribution in [3.8, 4) is 0 Å². The molecule has 164 valence electrons. The van der Waals surface area contributed by atoms with Crippen molar-refractivity contribution < 1.29 is 24.2 Å². The minimum Gasteiger partial charge on any atom is -0.465 e. The van der Waals surface area contributed by atoms with Crippen LogP contribution < -0.4 is 0 Å². The van der Waals surface area contributed by atoms with Crippen LogP contribution in [0.4, 0.5) is 9.59 Å². The van der Waals surface area contributed by atoms with Crippen LogP contribution in [0.15, 0.2) is 0 Å². The number of rotatable bonds is 8. The molecule has 0 saturated carbocycles. The van der Waals surface area contributed by atoms with Gasteiger partial charge in [-0.05, 0) is 58.4 Å². The molecule has 0 aromatic rings. The van der Waals surface area contributed by atoms with E-state index in [1.807, 2.05) is 20.8 Å². The van der Waals surface area contributed by atoms with E-state index < -0.39 is 32.0 Å². The molecule has 0 radical (unpaired) electrons. The van der Waals surface area contributed by atoms with Crippen molar-refractivity contribution in [2.75, 3.05) is 26.9 Å². The lowest BCUT2D eigenvalue weighted by Crippen LogP contribution is -2.58. The third kappa shape index (κ3) is 8.39. The molecule has 1 saturated heterocycles. The Hall–Kier alpha value is -1.28. The van der Waals surface area contributed by atoms with Crippen LogP contribution in [0.5, 0.6) is 0 Å². The van der Waals surface area contributed by atoms with Crippen LogP contribution in [0.25, 0.3) is 0 Å². The summed E-state index contributed by atoms with van der Waals surface area (Å²) in [6.07, 6.45) is 1.44. The Morgan fingerprint density at radius 1 is 1.29 bits per heavy atom. The highest BCUT2D eigenvalue weighted by atomic mass is 28.3. The van der Waals surface area contributed by atoms with Gasteiger partial charge in [-0.25, -0.2) is 9.59 Å². The highest BCUT2D eigenvalue weighted by molar-refractivity contribution is 6.76. The van der Waals surface area contributed by atoms with Gasteiger partial charge in [0.25, 0.3) is 0 Å². The van der Waals surface area contributed by atoms with Crippen LogP contribution in [-0.2, 0) is 9.47 Å². The number of carboxylic acid groups (broad SMARTS) is 1. The van der Waals surface area contributed by atoms with Crippen LogP contribution >= 0.6 is 0 Å². The van der Waals surface area contributed by atoms with E-state index in [4.69, 9.17) is 9.47 Å². The van der Waals surface area contributed by atoms with Crippen LogP contribution in [0, 0.1) is 5.92 Å². The Morgan fingerprint density at radius 3 is 2.39 bits per heavy atom. The first-order valence-corrected chi connectivity index (χ1v) is 14.0. The molecule has 1 rings (SSSR count). The number of hydrogen-bond acceptors (Lipinski definition) is 4. The van der Waals surface area contributed by atoms with E-state index in [9.17, 15) is 14.7 Å². The molecule has 7 nitrogen and oxygen atoms in total. The summed E-state index contributed by atoms with van der Waals surface area (Å²) < 4.78 is 11.0. The average molecular weight is 417 g/mol. The molecule has 1 fully saturated rings. The fourth-order valence-electron chi connectivity index (χ4n) is 3.45. The second kappa shape index (κ2) is 10.5. The molecule has 28 heavy (non-hydrogen) atoms. The minimum atomic E-state index is -1.31. The number of nitrogens with zero attached hydrogens (tertiary/aromatic N) is 2. The molecule has 1 aliphatic heterocycles. The van der Waals surface area contributed by atoms with Crippen molar-refractivity contribution in [2.24, 2.45) is 5.92 Å². The van der Waals surface area contributed by atoms with E-state index in [-0.39, 0.29) is 0 Å². The average Bonchev–Trinajstić information content (AvgIpc) is 2.55. The Morgan fingerprint density at radius 2 is 1.93 bits per heavy atom. The maximum Gasteiger partial charge on any atom is 0.411 e. The summed E-state index contributed by atoms with van der Waals surface area (Å²) in [4.78, 5) is 27.5. The molecular weight excluding hydrogens is 376 g/mol. The smallest absolute Gasteiger partial charge is 0.411 e. The van der Waals surface area contributed by atoms with Crippen molar-refractivity contribution in [2.45, 2.75) is 83.8 Å². The number of carbonyl (C=O) groups excluding carboxylic acids is 1. The molecule has 1 heterocycles. The SMILES string of the molecule is CN(C(=O)OCC[Si](C)(C)C)[C@H](CC[C@@H]1CCCOC1)N(C(=O)O)C(C)(C)C. The zero-order valence-corrected chi connectivity index (χ0v) is 19.8. The first kappa shape index (κ1) is 24.8. The fourth-order valence-corrected chi connectivity index (χ4v) is 4.16. The second-order valence-corrected chi connectivity index (χ2v) is 15.6. The van der Waals surface area contributed by atoms with Crippen LogP contribution in [0.2, 0.25) is 25.7 Å². The molecule has 2 atom stereocenters. The van der Waals surface area contributed by atoms with Gasteiger partial charge in [0.1, 0.15) is 6.17 Å². The normalized spacial score (nSPS) is 19.0. The van der Waals surface area contributed by atoms with Crippen molar-refractivity contribution in [1.29, 1.82) is 0 Å². The quantitative estimate of drug-likeness (QED) is 0.458. The Bertz CT molecular complexity index is 510. The van der Waals surface area contributed by atoms with E-state index in [1.165, 1.54) is 9.80 Å². The van der Waals surface area contributed by atoms with Gasteiger partial charge in [0, 0.05) is 33.9 Å². The zero-order chi connectivity index (χ0) is 21.5. The van der Waals surface area contributed by atoms with Crippen LogP contribution in [0.3, 0.4) is 0 Å². The van der Waals surface area contributed by atoms with Crippen LogP contribution in [0.1, 0.15) is 46.5 Å². The van der Waals surface area contributed by atoms with Crippen molar-refractivity contribution in [1.82, 2.24) is 9.80 Å². The van der Waals surface area contributed by atoms with Crippen molar-refractivity contribution in [3.63, 3.8) is 0 Å². The van der Waals surface area contributed by atoms with Gasteiger partial charge in [-0.2, -0.15) is 0 Å². The van der Waals surface area contributed by atoms with Crippen molar-refractivity contribution in [3.05, 3.63) is 0 Å². The van der Waals surface area contributed by atoms with E-state index in [1.54, 1.807) is 7.05 Å². The monoisotopic (exact) mass is 416 g/mol. The first-order valence-electron chi connectivity index (χ1n) is 10.3. The first-order chi connectivity index (χ1) is 12.8. The van der Waals surface area contributed by atoms with Gasteiger partial charge >= 0.3 is 12.2 Å². The predicted molar refractivity (Wildman–Crippen MR) is 113 cm³/mol. The van der Waals surface area contributed by atoms with Gasteiger partial charge < -0.3 is 14.6 Å². The third-order valence-corrected chi connectivity index (χ3v) is 6.83. The highest BCUT2D eigenvalue weighted by Gasteiger charge is 2.38. The topological polar surface area (TPSA) is 79.3 Å². The van der Waals surface area contributed by atoms with Crippen LogP contribution in [-0.4, -0.2) is 73.7 Å². The van der Waals surface area contributed by atoms with Gasteiger partial charge in [-0.1, -0.05) is 19.6 Å². The van der Waals surface area contributed by atoms with Crippen molar-refractivity contribution >= 4 is 20.3 Å². The summed E-state index contributed by atoms with van der Waals surface area (Å²) in [5.41, 5.74) is -0.633. The molecule has 1 aliphatic rings. The Labute approximate surface area is 171 Å². The summed E-state index contributed by atoms with van der Waals surface area (Å²) in [5, 5.41) is 9.86. The van der Waals surface area contributed by atoms with Gasteiger partial charge in [-0.15, -0.1) is 0 Å². The Balaban J connectivity index is 2.87. The van der Waals surface area contributed by atoms with Gasteiger partial charge in [-0.3, -0.25) is 9.80 Å². The molecule has 0 aromatic carbocycles. The van der Waals surface area contributed by atoms with Gasteiger partial charge in [0.2, 0.25) is 0 Å². The van der Waals surface area contributed by atoms with E-state index >= 15 is 0 Å². The van der Waals surface area contributed by atoms with Gasteiger partial charge in [0.15, 0.2) is 0 Å². The highest BCUT2D eigenvalue weighted by Crippen LogP contribution is 2.27. The minimum absolute atomic E-state index is 0.380. The molecule has 0 aliphatic carbocycles. The molecule has 2 amide bonds. The number of amides is 2. The number of carbonyl (C=O) groups is 2. The predicted octanol–water partition coefficient (Wildman–Crippen LogP) is 4.70. The lowest BCUT2D eigenvalue weighted by atomic mass is 9.94. The third-order valence-electron chi connectivity index (χ3n) is 5.13. The van der Waals surface area contributed by atoms with Gasteiger partial charge in [0.05, 0.1) is 6.61 Å². The second-order valence-electron chi connectivity index (χ2n) is 10.0. The van der Waals surface area contributed by atoms with E-state index in [2.05, 4.69) is 19.6 Å². The summed E-state index contributed by atoms with van der Waals surface area (Å²) in [6, 6.07) is 0.887. The molecule has 0 unspecified atom stereocenters. The largest absolute Gasteiger partial charge is 0.465 e. The molecule has 1 N–H and O–H groups in total. The maximum absolute atomic E-state index is 12.7. The van der Waals surface area contributed by atoms with E-state index in [0.29, 0.717) is 25.6 Å². The summed E-state index contributed by atoms with van der Waals surface area (Å²) in [6.45, 7) is 14.1. The standard InChI is InChI=1S/C20H40N2O5Si/c1-20(2,3)22(18(23)24)17(11-10-16-9-8-12-26-15-16)21(4)19(25)27-13-14-28(5,6)7/h16-17H,8-15H2,1-7H3,(H,23,24)/t16-,17-/m0/s1. The fraction of sp³-hybridized carbons (Fsp3) is 0.900. The molecule has 0 bridgehead atoms. The molecule has 8 heteroatoms. The molecular formula is C20H40N2O5Si.